The van der Waals surface area contributed by atoms with Crippen LogP contribution in [0.4, 0.5) is 4.39 Å². The maximum atomic E-state index is 13.2. The van der Waals surface area contributed by atoms with Crippen molar-refractivity contribution in [3.05, 3.63) is 69.3 Å². The number of nitrogens with one attached hydrogen (secondary N) is 1. The summed E-state index contributed by atoms with van der Waals surface area (Å²) in [5.41, 5.74) is 1.78. The van der Waals surface area contributed by atoms with Crippen LogP contribution in [0.5, 0.6) is 0 Å². The number of hydrogen-bond donors (Lipinski definition) is 1. The number of thiophene rings is 1. The molecular weight excluding hydrogens is 367 g/mol. The molecule has 0 aliphatic rings. The van der Waals surface area contributed by atoms with Crippen molar-refractivity contribution in [1.29, 1.82) is 0 Å². The molecule has 0 saturated carbocycles. The van der Waals surface area contributed by atoms with Crippen LogP contribution in [-0.4, -0.2) is 20.1 Å². The van der Waals surface area contributed by atoms with E-state index in [-0.39, 0.29) is 30.4 Å². The lowest BCUT2D eigenvalue weighted by atomic mass is 10.2. The molecule has 0 bridgehead atoms. The zero-order chi connectivity index (χ0) is 19.0. The van der Waals surface area contributed by atoms with Gasteiger partial charge in [-0.3, -0.25) is 14.0 Å². The lowest BCUT2D eigenvalue weighted by Gasteiger charge is -2.07. The predicted molar refractivity (Wildman–Crippen MR) is 102 cm³/mol. The van der Waals surface area contributed by atoms with Gasteiger partial charge >= 0.3 is 0 Å². The summed E-state index contributed by atoms with van der Waals surface area (Å²) in [7, 11) is 0. The van der Waals surface area contributed by atoms with Crippen molar-refractivity contribution >= 4 is 33.0 Å². The maximum Gasteiger partial charge on any atom is 0.291 e. The summed E-state index contributed by atoms with van der Waals surface area (Å²) in [6.45, 7) is 2.09. The zero-order valence-electron chi connectivity index (χ0n) is 14.6. The highest BCUT2D eigenvalue weighted by Crippen LogP contribution is 2.28. The van der Waals surface area contributed by atoms with E-state index in [1.807, 2.05) is 6.07 Å². The number of carbonyl (C=O) groups excluding carboxylic acids is 1. The van der Waals surface area contributed by atoms with Crippen LogP contribution in [0.2, 0.25) is 0 Å². The van der Waals surface area contributed by atoms with Gasteiger partial charge in [0.05, 0.1) is 10.2 Å². The van der Waals surface area contributed by atoms with Crippen LogP contribution in [0.15, 0.2) is 47.5 Å². The smallest absolute Gasteiger partial charge is 0.291 e. The number of benzene rings is 1. The fourth-order valence-corrected chi connectivity index (χ4v) is 4.01. The van der Waals surface area contributed by atoms with Gasteiger partial charge in [0, 0.05) is 11.4 Å². The first-order chi connectivity index (χ1) is 13.0. The summed E-state index contributed by atoms with van der Waals surface area (Å²) >= 11 is 1.65. The van der Waals surface area contributed by atoms with Crippen LogP contribution in [0.25, 0.3) is 15.7 Å². The fraction of sp³-hybridized carbons (Fsp3) is 0.211. The lowest BCUT2D eigenvalue weighted by Crippen LogP contribution is -2.33. The maximum absolute atomic E-state index is 13.2. The van der Waals surface area contributed by atoms with Crippen LogP contribution in [-0.2, 0) is 24.3 Å². The monoisotopic (exact) mass is 384 g/mol. The van der Waals surface area contributed by atoms with Gasteiger partial charge in [-0.2, -0.15) is 5.10 Å². The van der Waals surface area contributed by atoms with Gasteiger partial charge in [0.1, 0.15) is 24.2 Å². The van der Waals surface area contributed by atoms with Crippen molar-refractivity contribution in [3.8, 4) is 0 Å². The molecule has 3 aromatic heterocycles. The van der Waals surface area contributed by atoms with E-state index >= 15 is 0 Å². The second-order valence-corrected chi connectivity index (χ2v) is 7.38. The number of nitrogens with zero attached hydrogens (tertiary/aromatic N) is 3. The third-order valence-electron chi connectivity index (χ3n) is 4.36. The van der Waals surface area contributed by atoms with Crippen LogP contribution < -0.4 is 10.9 Å². The third kappa shape index (κ3) is 3.35. The first kappa shape index (κ1) is 17.4. The number of amides is 1. The molecule has 0 atom stereocenters. The van der Waals surface area contributed by atoms with Gasteiger partial charge in [0.15, 0.2) is 0 Å². The molecule has 1 N–H and O–H groups in total. The Labute approximate surface area is 157 Å². The molecule has 4 rings (SSSR count). The van der Waals surface area contributed by atoms with Crippen molar-refractivity contribution in [3.63, 3.8) is 0 Å². The summed E-state index contributed by atoms with van der Waals surface area (Å²) in [6.07, 6.45) is 2.50. The van der Waals surface area contributed by atoms with Crippen molar-refractivity contribution < 1.29 is 9.18 Å². The van der Waals surface area contributed by atoms with Gasteiger partial charge < -0.3 is 5.32 Å². The minimum absolute atomic E-state index is 0.189. The van der Waals surface area contributed by atoms with Gasteiger partial charge in [-0.1, -0.05) is 19.1 Å². The molecule has 0 radical (unpaired) electrons. The summed E-state index contributed by atoms with van der Waals surface area (Å²) in [5.74, 6) is -0.718. The molecule has 0 fully saturated rings. The van der Waals surface area contributed by atoms with E-state index in [1.54, 1.807) is 34.2 Å². The number of aromatic nitrogens is 3. The first-order valence-electron chi connectivity index (χ1n) is 8.56. The molecule has 0 unspecified atom stereocenters. The van der Waals surface area contributed by atoms with Crippen LogP contribution in [0, 0.1) is 5.82 Å². The molecule has 6 nitrogen and oxygen atoms in total. The summed E-state index contributed by atoms with van der Waals surface area (Å²) < 4.78 is 17.1. The van der Waals surface area contributed by atoms with Crippen LogP contribution in [0.3, 0.4) is 0 Å². The molecule has 0 spiro atoms. The van der Waals surface area contributed by atoms with Gasteiger partial charge in [-0.25, -0.2) is 9.07 Å². The number of rotatable bonds is 5. The van der Waals surface area contributed by atoms with E-state index in [0.717, 1.165) is 21.3 Å². The normalized spacial score (nSPS) is 11.3. The lowest BCUT2D eigenvalue weighted by molar-refractivity contribution is -0.122. The SMILES string of the molecule is CCc1cc2c(cc3c(=O)n(CC(=O)NCc4cccc(F)c4)ncn32)s1. The molecule has 3 heterocycles. The Bertz CT molecular complexity index is 1210. The van der Waals surface area contributed by atoms with Gasteiger partial charge in [-0.15, -0.1) is 11.3 Å². The van der Waals surface area contributed by atoms with E-state index in [1.165, 1.54) is 17.0 Å². The first-order valence-corrected chi connectivity index (χ1v) is 9.37. The van der Waals surface area contributed by atoms with Crippen molar-refractivity contribution in [2.45, 2.75) is 26.4 Å². The Balaban J connectivity index is 1.54. The molecule has 27 heavy (non-hydrogen) atoms. The molecule has 0 saturated heterocycles. The topological polar surface area (TPSA) is 68.4 Å². The van der Waals surface area contributed by atoms with E-state index in [4.69, 9.17) is 0 Å². The third-order valence-corrected chi connectivity index (χ3v) is 5.57. The second kappa shape index (κ2) is 6.96. The number of aryl methyl sites for hydroxylation is 1. The molecular formula is C19H17FN4O2S. The average molecular weight is 384 g/mol. The Kier molecular flexibility index (Phi) is 4.49. The molecule has 1 amide bonds. The molecule has 4 aromatic rings. The summed E-state index contributed by atoms with van der Waals surface area (Å²) in [6, 6.07) is 9.90. The van der Waals surface area contributed by atoms with E-state index in [2.05, 4.69) is 23.4 Å². The number of fused-ring (bicyclic) bond motifs is 3. The number of halogens is 1. The van der Waals surface area contributed by atoms with Crippen LogP contribution >= 0.6 is 11.3 Å². The molecule has 138 valence electrons. The Morgan fingerprint density at radius 2 is 2.11 bits per heavy atom. The van der Waals surface area contributed by atoms with E-state index in [9.17, 15) is 14.0 Å². The van der Waals surface area contributed by atoms with Crippen molar-refractivity contribution in [2.75, 3.05) is 0 Å². The van der Waals surface area contributed by atoms with Gasteiger partial charge in [0.2, 0.25) is 5.91 Å². The highest BCUT2D eigenvalue weighted by atomic mass is 32.1. The van der Waals surface area contributed by atoms with E-state index < -0.39 is 0 Å². The summed E-state index contributed by atoms with van der Waals surface area (Å²) in [5, 5.41) is 6.80. The predicted octanol–water partition coefficient (Wildman–Crippen LogP) is 2.73. The number of hydrogen-bond acceptors (Lipinski definition) is 4. The standard InChI is InChI=1S/C19H17FN4O2S/c1-2-14-7-15-17(27-14)8-16-19(26)24(22-11-23(15)16)10-18(25)21-9-12-4-3-5-13(20)6-12/h3-8,11H,2,9-10H2,1H3,(H,21,25). The molecule has 1 aromatic carbocycles. The number of carbonyl (C=O) groups is 1. The van der Waals surface area contributed by atoms with Gasteiger partial charge in [-0.05, 0) is 36.2 Å². The second-order valence-electron chi connectivity index (χ2n) is 6.22. The quantitative estimate of drug-likeness (QED) is 0.575. The molecule has 8 heteroatoms. The van der Waals surface area contributed by atoms with Crippen molar-refractivity contribution in [1.82, 2.24) is 19.5 Å². The van der Waals surface area contributed by atoms with Crippen LogP contribution in [0.1, 0.15) is 17.4 Å². The molecule has 0 aliphatic heterocycles. The minimum atomic E-state index is -0.361. The Hall–Kier alpha value is -3.00. The summed E-state index contributed by atoms with van der Waals surface area (Å²) in [4.78, 5) is 26.1. The fourth-order valence-electron chi connectivity index (χ4n) is 2.98. The Morgan fingerprint density at radius 1 is 1.26 bits per heavy atom. The molecule has 0 aliphatic carbocycles. The highest BCUT2D eigenvalue weighted by Gasteiger charge is 2.13. The van der Waals surface area contributed by atoms with E-state index in [0.29, 0.717) is 11.1 Å². The highest BCUT2D eigenvalue weighted by molar-refractivity contribution is 7.19. The average Bonchev–Trinajstić information content (AvgIpc) is 3.20. The largest absolute Gasteiger partial charge is 0.350 e. The zero-order valence-corrected chi connectivity index (χ0v) is 15.4. The minimum Gasteiger partial charge on any atom is -0.350 e. The van der Waals surface area contributed by atoms with Gasteiger partial charge in [0.25, 0.3) is 5.56 Å². The van der Waals surface area contributed by atoms with Crippen molar-refractivity contribution in [2.24, 2.45) is 0 Å². The Morgan fingerprint density at radius 3 is 2.89 bits per heavy atom.